The molecule has 0 unspecified atom stereocenters. The quantitative estimate of drug-likeness (QED) is 0.467. The molecule has 5 heteroatoms. The maximum atomic E-state index is 9.95. The van der Waals surface area contributed by atoms with Gasteiger partial charge < -0.3 is 0 Å². The number of nitrogens with zero attached hydrogens (tertiary/aromatic N) is 3. The standard InChI is InChI=1S/C7H9N3O2/c1-7(2,3)5-6(8-4-11)10-12-9-5/h1-3H3. The number of rotatable bonds is 1. The van der Waals surface area contributed by atoms with Gasteiger partial charge in [-0.25, -0.2) is 9.42 Å². The van der Waals surface area contributed by atoms with E-state index in [1.807, 2.05) is 20.8 Å². The minimum atomic E-state index is -0.227. The van der Waals surface area contributed by atoms with Crippen LogP contribution in [0.5, 0.6) is 0 Å². The van der Waals surface area contributed by atoms with E-state index in [2.05, 4.69) is 19.9 Å². The van der Waals surface area contributed by atoms with Crippen LogP contribution in [-0.2, 0) is 10.2 Å². The first-order valence-corrected chi connectivity index (χ1v) is 3.46. The summed E-state index contributed by atoms with van der Waals surface area (Å²) >= 11 is 0. The number of aromatic nitrogens is 2. The van der Waals surface area contributed by atoms with Crippen LogP contribution < -0.4 is 0 Å². The second kappa shape index (κ2) is 2.87. The normalized spacial score (nSPS) is 10.9. The fraction of sp³-hybridized carbons (Fsp3) is 0.571. The summed E-state index contributed by atoms with van der Waals surface area (Å²) in [5, 5.41) is 7.10. The molecule has 0 atom stereocenters. The molecule has 0 bridgehead atoms. The van der Waals surface area contributed by atoms with Crippen molar-refractivity contribution in [3.05, 3.63) is 5.69 Å². The summed E-state index contributed by atoms with van der Waals surface area (Å²) in [4.78, 5) is 13.3. The van der Waals surface area contributed by atoms with Crippen molar-refractivity contribution in [1.29, 1.82) is 0 Å². The lowest BCUT2D eigenvalue weighted by molar-refractivity contribution is 0.298. The number of hydrogen-bond donors (Lipinski definition) is 0. The number of aliphatic imine (C=N–C) groups is 1. The molecule has 12 heavy (non-hydrogen) atoms. The van der Waals surface area contributed by atoms with E-state index in [1.54, 1.807) is 0 Å². The van der Waals surface area contributed by atoms with Gasteiger partial charge in [-0.3, -0.25) is 0 Å². The summed E-state index contributed by atoms with van der Waals surface area (Å²) in [7, 11) is 0. The molecule has 0 aliphatic heterocycles. The molecular formula is C7H9N3O2. The van der Waals surface area contributed by atoms with Crippen LogP contribution in [0.1, 0.15) is 26.5 Å². The van der Waals surface area contributed by atoms with Crippen LogP contribution in [-0.4, -0.2) is 16.4 Å². The molecule has 0 saturated heterocycles. The Morgan fingerprint density at radius 2 is 2.08 bits per heavy atom. The molecule has 0 saturated carbocycles. The highest BCUT2D eigenvalue weighted by Crippen LogP contribution is 2.27. The second-order valence-electron chi connectivity index (χ2n) is 3.39. The zero-order valence-electron chi connectivity index (χ0n) is 7.16. The van der Waals surface area contributed by atoms with Gasteiger partial charge in [0, 0.05) is 5.41 Å². The van der Waals surface area contributed by atoms with Gasteiger partial charge in [0.15, 0.2) is 0 Å². The van der Waals surface area contributed by atoms with Gasteiger partial charge in [-0.2, -0.15) is 0 Å². The van der Waals surface area contributed by atoms with Crippen molar-refractivity contribution in [2.45, 2.75) is 26.2 Å². The van der Waals surface area contributed by atoms with Crippen molar-refractivity contribution in [3.63, 3.8) is 0 Å². The minimum Gasteiger partial charge on any atom is -0.242 e. The summed E-state index contributed by atoms with van der Waals surface area (Å²) < 4.78 is 4.45. The Balaban J connectivity index is 3.16. The Bertz CT molecular complexity index is 318. The van der Waals surface area contributed by atoms with E-state index in [0.29, 0.717) is 5.69 Å². The van der Waals surface area contributed by atoms with E-state index < -0.39 is 0 Å². The smallest absolute Gasteiger partial charge is 0.242 e. The highest BCUT2D eigenvalue weighted by atomic mass is 16.6. The molecule has 0 aliphatic rings. The maximum Gasteiger partial charge on any atom is 0.242 e. The third-order valence-corrected chi connectivity index (χ3v) is 1.33. The van der Waals surface area contributed by atoms with Crippen molar-refractivity contribution in [2.75, 3.05) is 0 Å². The van der Waals surface area contributed by atoms with E-state index in [-0.39, 0.29) is 11.2 Å². The Morgan fingerprint density at radius 3 is 2.58 bits per heavy atom. The van der Waals surface area contributed by atoms with Gasteiger partial charge in [-0.1, -0.05) is 25.9 Å². The van der Waals surface area contributed by atoms with E-state index in [0.717, 1.165) is 0 Å². The van der Waals surface area contributed by atoms with Gasteiger partial charge in [-0.05, 0) is 5.16 Å². The van der Waals surface area contributed by atoms with Crippen molar-refractivity contribution in [3.8, 4) is 0 Å². The molecule has 1 aromatic heterocycles. The lowest BCUT2D eigenvalue weighted by Gasteiger charge is -2.12. The van der Waals surface area contributed by atoms with Gasteiger partial charge in [0.25, 0.3) is 0 Å². The zero-order chi connectivity index (χ0) is 9.19. The van der Waals surface area contributed by atoms with E-state index in [1.165, 1.54) is 6.08 Å². The SMILES string of the molecule is CC(C)(C)c1nonc1N=C=O. The van der Waals surface area contributed by atoms with Crippen molar-refractivity contribution < 1.29 is 9.42 Å². The molecule has 1 heterocycles. The Hall–Kier alpha value is -1.48. The monoisotopic (exact) mass is 167 g/mol. The first-order valence-electron chi connectivity index (χ1n) is 3.46. The molecule has 0 aromatic carbocycles. The van der Waals surface area contributed by atoms with Gasteiger partial charge in [0.05, 0.1) is 0 Å². The Morgan fingerprint density at radius 1 is 1.42 bits per heavy atom. The first kappa shape index (κ1) is 8.62. The third-order valence-electron chi connectivity index (χ3n) is 1.33. The van der Waals surface area contributed by atoms with E-state index in [4.69, 9.17) is 0 Å². The number of isocyanates is 1. The molecule has 1 rings (SSSR count). The summed E-state index contributed by atoms with van der Waals surface area (Å²) in [6.07, 6.45) is 1.40. The van der Waals surface area contributed by atoms with Crippen LogP contribution in [0, 0.1) is 0 Å². The third kappa shape index (κ3) is 1.57. The lowest BCUT2D eigenvalue weighted by Crippen LogP contribution is -2.11. The van der Waals surface area contributed by atoms with E-state index >= 15 is 0 Å². The summed E-state index contributed by atoms with van der Waals surface area (Å²) in [5.74, 6) is 0.206. The molecule has 0 N–H and O–H groups in total. The molecule has 0 aliphatic carbocycles. The van der Waals surface area contributed by atoms with Crippen LogP contribution in [0.2, 0.25) is 0 Å². The van der Waals surface area contributed by atoms with Crippen molar-refractivity contribution >= 4 is 11.9 Å². The maximum absolute atomic E-state index is 9.95. The van der Waals surface area contributed by atoms with Gasteiger partial charge >= 0.3 is 0 Å². The van der Waals surface area contributed by atoms with Crippen molar-refractivity contribution in [1.82, 2.24) is 10.3 Å². The highest BCUT2D eigenvalue weighted by Gasteiger charge is 2.23. The molecule has 0 fully saturated rings. The predicted molar refractivity (Wildman–Crippen MR) is 40.8 cm³/mol. The molecule has 64 valence electrons. The van der Waals surface area contributed by atoms with Gasteiger partial charge in [0.1, 0.15) is 5.69 Å². The number of carbonyl (C=O) groups excluding carboxylic acids is 1. The average molecular weight is 167 g/mol. The fourth-order valence-electron chi connectivity index (χ4n) is 0.773. The zero-order valence-corrected chi connectivity index (χ0v) is 7.16. The first-order chi connectivity index (χ1) is 5.55. The largest absolute Gasteiger partial charge is 0.242 e. The Kier molecular flexibility index (Phi) is 2.06. The molecule has 0 spiro atoms. The molecule has 1 aromatic rings. The summed E-state index contributed by atoms with van der Waals surface area (Å²) in [6, 6.07) is 0. The second-order valence-corrected chi connectivity index (χ2v) is 3.39. The lowest BCUT2D eigenvalue weighted by atomic mass is 9.92. The van der Waals surface area contributed by atoms with Crippen LogP contribution in [0.3, 0.4) is 0 Å². The average Bonchev–Trinajstić information content (AvgIpc) is 2.34. The predicted octanol–water partition coefficient (Wildman–Crippen LogP) is 1.33. The summed E-state index contributed by atoms with van der Waals surface area (Å²) in [6.45, 7) is 5.78. The van der Waals surface area contributed by atoms with Gasteiger partial charge in [-0.15, -0.1) is 4.99 Å². The van der Waals surface area contributed by atoms with Crippen LogP contribution in [0.15, 0.2) is 9.62 Å². The van der Waals surface area contributed by atoms with Gasteiger partial charge in [0.2, 0.25) is 11.9 Å². The Labute approximate surface area is 69.4 Å². The molecule has 0 amide bonds. The molecule has 0 radical (unpaired) electrons. The fourth-order valence-corrected chi connectivity index (χ4v) is 0.773. The molecule has 5 nitrogen and oxygen atoms in total. The van der Waals surface area contributed by atoms with Crippen LogP contribution >= 0.6 is 0 Å². The van der Waals surface area contributed by atoms with Crippen LogP contribution in [0.25, 0.3) is 0 Å². The minimum absolute atomic E-state index is 0.206. The highest BCUT2D eigenvalue weighted by molar-refractivity contribution is 5.47. The number of hydrogen-bond acceptors (Lipinski definition) is 5. The topological polar surface area (TPSA) is 68.3 Å². The van der Waals surface area contributed by atoms with Crippen LogP contribution in [0.4, 0.5) is 5.82 Å². The van der Waals surface area contributed by atoms with Crippen molar-refractivity contribution in [2.24, 2.45) is 4.99 Å². The molecular weight excluding hydrogens is 158 g/mol. The summed E-state index contributed by atoms with van der Waals surface area (Å²) in [5.41, 5.74) is 0.334. The van der Waals surface area contributed by atoms with E-state index in [9.17, 15) is 4.79 Å².